The van der Waals surface area contributed by atoms with Crippen LogP contribution in [0, 0.1) is 5.82 Å². The van der Waals surface area contributed by atoms with Gasteiger partial charge >= 0.3 is 0 Å². The molecule has 106 valence electrons. The largest absolute Gasteiger partial charge is 0.343 e. The van der Waals surface area contributed by atoms with E-state index in [0.717, 1.165) is 31.5 Å². The predicted molar refractivity (Wildman–Crippen MR) is 76.6 cm³/mol. The first-order valence-electron chi connectivity index (χ1n) is 7.15. The fourth-order valence-corrected chi connectivity index (χ4v) is 2.39. The van der Waals surface area contributed by atoms with Crippen LogP contribution in [-0.2, 0) is 4.79 Å². The molecular formula is C16H24FNO. The van der Waals surface area contributed by atoms with E-state index in [1.54, 1.807) is 12.1 Å². The molecule has 0 aromatic heterocycles. The van der Waals surface area contributed by atoms with Crippen molar-refractivity contribution in [3.63, 3.8) is 0 Å². The third-order valence-corrected chi connectivity index (χ3v) is 3.52. The third-order valence-electron chi connectivity index (χ3n) is 3.52. The molecule has 0 fully saturated rings. The summed E-state index contributed by atoms with van der Waals surface area (Å²) in [4.78, 5) is 14.0. The molecule has 1 aromatic carbocycles. The summed E-state index contributed by atoms with van der Waals surface area (Å²) in [7, 11) is 0. The first-order chi connectivity index (χ1) is 9.12. The maximum absolute atomic E-state index is 13.0. The maximum Gasteiger partial charge on any atom is 0.223 e. The monoisotopic (exact) mass is 265 g/mol. The molecule has 0 spiro atoms. The van der Waals surface area contributed by atoms with E-state index in [1.165, 1.54) is 12.1 Å². The molecule has 19 heavy (non-hydrogen) atoms. The van der Waals surface area contributed by atoms with Crippen LogP contribution in [0.2, 0.25) is 0 Å². The van der Waals surface area contributed by atoms with Crippen LogP contribution in [0.25, 0.3) is 0 Å². The number of hydrogen-bond donors (Lipinski definition) is 0. The fraction of sp³-hybridized carbons (Fsp3) is 0.562. The third kappa shape index (κ3) is 4.66. The molecule has 1 unspecified atom stereocenters. The van der Waals surface area contributed by atoms with Crippen LogP contribution in [0.3, 0.4) is 0 Å². The molecule has 0 radical (unpaired) electrons. The lowest BCUT2D eigenvalue weighted by Crippen LogP contribution is -2.31. The minimum atomic E-state index is -0.228. The Balaban J connectivity index is 2.77. The number of hydrogen-bond acceptors (Lipinski definition) is 1. The number of benzene rings is 1. The van der Waals surface area contributed by atoms with Crippen LogP contribution >= 0.6 is 0 Å². The van der Waals surface area contributed by atoms with Gasteiger partial charge in [0.2, 0.25) is 5.91 Å². The lowest BCUT2D eigenvalue weighted by Gasteiger charge is -2.23. The molecule has 0 aliphatic heterocycles. The van der Waals surface area contributed by atoms with E-state index in [1.807, 2.05) is 18.7 Å². The first-order valence-corrected chi connectivity index (χ1v) is 7.15. The van der Waals surface area contributed by atoms with Crippen molar-refractivity contribution < 1.29 is 9.18 Å². The molecule has 0 N–H and O–H groups in total. The van der Waals surface area contributed by atoms with E-state index in [-0.39, 0.29) is 17.6 Å². The second kappa shape index (κ2) is 7.93. The Hall–Kier alpha value is -1.38. The van der Waals surface area contributed by atoms with Crippen molar-refractivity contribution in [1.29, 1.82) is 0 Å². The van der Waals surface area contributed by atoms with E-state index in [2.05, 4.69) is 6.92 Å². The Morgan fingerprint density at radius 1 is 1.16 bits per heavy atom. The smallest absolute Gasteiger partial charge is 0.223 e. The zero-order valence-corrected chi connectivity index (χ0v) is 12.2. The van der Waals surface area contributed by atoms with Crippen molar-refractivity contribution >= 4 is 5.91 Å². The lowest BCUT2D eigenvalue weighted by molar-refractivity contribution is -0.131. The summed E-state index contributed by atoms with van der Waals surface area (Å²) in [6, 6.07) is 6.54. The van der Waals surface area contributed by atoms with E-state index < -0.39 is 0 Å². The molecule has 0 aliphatic rings. The van der Waals surface area contributed by atoms with Gasteiger partial charge in [-0.3, -0.25) is 4.79 Å². The summed E-state index contributed by atoms with van der Waals surface area (Å²) in [5.41, 5.74) is 1.06. The summed E-state index contributed by atoms with van der Waals surface area (Å²) >= 11 is 0. The van der Waals surface area contributed by atoms with Crippen molar-refractivity contribution in [2.75, 3.05) is 13.1 Å². The summed E-state index contributed by atoms with van der Waals surface area (Å²) < 4.78 is 13.0. The van der Waals surface area contributed by atoms with Gasteiger partial charge in [0.15, 0.2) is 0 Å². The fourth-order valence-electron chi connectivity index (χ4n) is 2.39. The van der Waals surface area contributed by atoms with Gasteiger partial charge in [-0.05, 0) is 43.9 Å². The summed E-state index contributed by atoms with van der Waals surface area (Å²) in [6.45, 7) is 7.59. The van der Waals surface area contributed by atoms with Gasteiger partial charge in [0.05, 0.1) is 0 Å². The Labute approximate surface area is 115 Å². The average Bonchev–Trinajstić information content (AvgIpc) is 2.40. The van der Waals surface area contributed by atoms with E-state index in [9.17, 15) is 9.18 Å². The van der Waals surface area contributed by atoms with Gasteiger partial charge < -0.3 is 4.90 Å². The molecular weight excluding hydrogens is 241 g/mol. The summed E-state index contributed by atoms with van der Waals surface area (Å²) in [5.74, 6) is 0.153. The molecule has 0 heterocycles. The van der Waals surface area contributed by atoms with Crippen LogP contribution in [0.4, 0.5) is 4.39 Å². The predicted octanol–water partition coefficient (Wildman–Crippen LogP) is 3.97. The maximum atomic E-state index is 13.0. The molecule has 1 rings (SSSR count). The van der Waals surface area contributed by atoms with E-state index in [4.69, 9.17) is 0 Å². The number of halogens is 1. The van der Waals surface area contributed by atoms with Gasteiger partial charge in [-0.25, -0.2) is 4.39 Å². The number of carbonyl (C=O) groups is 1. The highest BCUT2D eigenvalue weighted by molar-refractivity contribution is 5.77. The van der Waals surface area contributed by atoms with Crippen molar-refractivity contribution in [2.45, 2.75) is 46.0 Å². The van der Waals surface area contributed by atoms with Crippen molar-refractivity contribution in [3.8, 4) is 0 Å². The molecule has 1 atom stereocenters. The molecule has 3 heteroatoms. The highest BCUT2D eigenvalue weighted by Gasteiger charge is 2.18. The minimum Gasteiger partial charge on any atom is -0.343 e. The molecule has 1 aromatic rings. The van der Waals surface area contributed by atoms with Crippen LogP contribution in [-0.4, -0.2) is 23.9 Å². The Morgan fingerprint density at radius 3 is 2.21 bits per heavy atom. The Kier molecular flexibility index (Phi) is 6.54. The Bertz CT molecular complexity index is 384. The molecule has 2 nitrogen and oxygen atoms in total. The number of nitrogens with zero attached hydrogens (tertiary/aromatic N) is 1. The van der Waals surface area contributed by atoms with Crippen LogP contribution < -0.4 is 0 Å². The zero-order chi connectivity index (χ0) is 14.3. The molecule has 0 saturated heterocycles. The van der Waals surface area contributed by atoms with Gasteiger partial charge in [-0.2, -0.15) is 0 Å². The van der Waals surface area contributed by atoms with Crippen molar-refractivity contribution in [1.82, 2.24) is 4.90 Å². The lowest BCUT2D eigenvalue weighted by atomic mass is 9.91. The second-order valence-corrected chi connectivity index (χ2v) is 4.81. The Morgan fingerprint density at radius 2 is 1.74 bits per heavy atom. The number of rotatable bonds is 7. The first kappa shape index (κ1) is 15.7. The quantitative estimate of drug-likeness (QED) is 0.730. The highest BCUT2D eigenvalue weighted by Crippen LogP contribution is 2.26. The van der Waals surface area contributed by atoms with Crippen LogP contribution in [0.1, 0.15) is 51.5 Å². The summed E-state index contributed by atoms with van der Waals surface area (Å²) in [6.07, 6.45) is 2.49. The topological polar surface area (TPSA) is 20.3 Å². The SMILES string of the molecule is CCCC(CC(=O)N(CC)CC)c1ccc(F)cc1. The summed E-state index contributed by atoms with van der Waals surface area (Å²) in [5, 5.41) is 0. The standard InChI is InChI=1S/C16H24FNO/c1-4-7-14(12-16(19)18(5-2)6-3)13-8-10-15(17)11-9-13/h8-11,14H,4-7,12H2,1-3H3. The van der Waals surface area contributed by atoms with Crippen LogP contribution in [0.15, 0.2) is 24.3 Å². The average molecular weight is 265 g/mol. The van der Waals surface area contributed by atoms with Crippen LogP contribution in [0.5, 0.6) is 0 Å². The van der Waals surface area contributed by atoms with E-state index in [0.29, 0.717) is 6.42 Å². The number of carbonyl (C=O) groups excluding carboxylic acids is 1. The van der Waals surface area contributed by atoms with Gasteiger partial charge in [-0.1, -0.05) is 25.5 Å². The molecule has 0 bridgehead atoms. The van der Waals surface area contributed by atoms with E-state index >= 15 is 0 Å². The normalized spacial score (nSPS) is 12.2. The number of amides is 1. The van der Waals surface area contributed by atoms with Gasteiger partial charge in [0.1, 0.15) is 5.82 Å². The zero-order valence-electron chi connectivity index (χ0n) is 12.2. The van der Waals surface area contributed by atoms with Crippen molar-refractivity contribution in [2.24, 2.45) is 0 Å². The van der Waals surface area contributed by atoms with Gasteiger partial charge in [0.25, 0.3) is 0 Å². The minimum absolute atomic E-state index is 0.188. The molecule has 1 amide bonds. The van der Waals surface area contributed by atoms with Gasteiger partial charge in [0, 0.05) is 19.5 Å². The second-order valence-electron chi connectivity index (χ2n) is 4.81. The van der Waals surface area contributed by atoms with Gasteiger partial charge in [-0.15, -0.1) is 0 Å². The molecule has 0 saturated carbocycles. The molecule has 0 aliphatic carbocycles. The highest BCUT2D eigenvalue weighted by atomic mass is 19.1. The van der Waals surface area contributed by atoms with Crippen molar-refractivity contribution in [3.05, 3.63) is 35.6 Å².